The fourth-order valence-electron chi connectivity index (χ4n) is 1.07. The van der Waals surface area contributed by atoms with Gasteiger partial charge in [-0.3, -0.25) is 0 Å². The molecule has 0 saturated heterocycles. The molecule has 2 rings (SSSR count). The van der Waals surface area contributed by atoms with Crippen LogP contribution in [-0.4, -0.2) is 5.16 Å². The summed E-state index contributed by atoms with van der Waals surface area (Å²) in [6.45, 7) is 0. The van der Waals surface area contributed by atoms with Gasteiger partial charge in [-0.25, -0.2) is 4.39 Å². The Balaban J connectivity index is 2.47. The van der Waals surface area contributed by atoms with Gasteiger partial charge in [0.15, 0.2) is 11.6 Å². The zero-order valence-electron chi connectivity index (χ0n) is 7.00. The lowest BCUT2D eigenvalue weighted by atomic mass is 10.2. The van der Waals surface area contributed by atoms with Gasteiger partial charge in [0.05, 0.1) is 5.02 Å². The number of nitrogens with two attached hydrogens (primary N) is 1. The summed E-state index contributed by atoms with van der Waals surface area (Å²) in [5.41, 5.74) is 6.01. The van der Waals surface area contributed by atoms with Crippen LogP contribution in [0.15, 0.2) is 28.8 Å². The molecule has 0 amide bonds. The van der Waals surface area contributed by atoms with E-state index in [0.29, 0.717) is 11.3 Å². The first-order valence-electron chi connectivity index (χ1n) is 3.84. The van der Waals surface area contributed by atoms with E-state index in [0.717, 1.165) is 0 Å². The van der Waals surface area contributed by atoms with Gasteiger partial charge in [0.1, 0.15) is 5.82 Å². The standard InChI is InChI=1S/C9H6ClFN2O/c10-6-3-5(1-2-7(6)11)8-4-9(12)13-14-8/h1-4H,(H2,12,13). The summed E-state index contributed by atoms with van der Waals surface area (Å²) in [5, 5.41) is 3.55. The zero-order valence-corrected chi connectivity index (χ0v) is 7.75. The number of hydrogen-bond donors (Lipinski definition) is 1. The summed E-state index contributed by atoms with van der Waals surface area (Å²) >= 11 is 5.60. The minimum absolute atomic E-state index is 0.0393. The minimum Gasteiger partial charge on any atom is -0.381 e. The summed E-state index contributed by atoms with van der Waals surface area (Å²) in [6.07, 6.45) is 0. The van der Waals surface area contributed by atoms with Crippen molar-refractivity contribution in [1.29, 1.82) is 0 Å². The van der Waals surface area contributed by atoms with Gasteiger partial charge in [0, 0.05) is 11.6 Å². The summed E-state index contributed by atoms with van der Waals surface area (Å²) in [4.78, 5) is 0. The van der Waals surface area contributed by atoms with Gasteiger partial charge in [0.2, 0.25) is 0 Å². The van der Waals surface area contributed by atoms with E-state index in [4.69, 9.17) is 21.9 Å². The zero-order chi connectivity index (χ0) is 10.1. The molecule has 0 unspecified atom stereocenters. The van der Waals surface area contributed by atoms with E-state index in [1.165, 1.54) is 12.1 Å². The molecule has 2 aromatic rings. The Morgan fingerprint density at radius 3 is 2.71 bits per heavy atom. The largest absolute Gasteiger partial charge is 0.381 e. The van der Waals surface area contributed by atoms with Crippen molar-refractivity contribution < 1.29 is 8.91 Å². The number of rotatable bonds is 1. The Bertz CT molecular complexity index is 470. The normalized spacial score (nSPS) is 10.4. The Morgan fingerprint density at radius 2 is 2.14 bits per heavy atom. The summed E-state index contributed by atoms with van der Waals surface area (Å²) in [7, 11) is 0. The van der Waals surface area contributed by atoms with Gasteiger partial charge < -0.3 is 10.3 Å². The fraction of sp³-hybridized carbons (Fsp3) is 0. The van der Waals surface area contributed by atoms with E-state index >= 15 is 0 Å². The number of hydrogen-bond acceptors (Lipinski definition) is 3. The van der Waals surface area contributed by atoms with Crippen LogP contribution in [0, 0.1) is 5.82 Å². The van der Waals surface area contributed by atoms with Crippen LogP contribution in [0.2, 0.25) is 5.02 Å². The first kappa shape index (κ1) is 9.02. The minimum atomic E-state index is -0.470. The van der Waals surface area contributed by atoms with Crippen molar-refractivity contribution in [3.63, 3.8) is 0 Å². The SMILES string of the molecule is Nc1cc(-c2ccc(F)c(Cl)c2)on1. The smallest absolute Gasteiger partial charge is 0.169 e. The number of aromatic nitrogens is 1. The van der Waals surface area contributed by atoms with Gasteiger partial charge in [-0.2, -0.15) is 0 Å². The molecule has 1 aromatic carbocycles. The second-order valence-corrected chi connectivity index (χ2v) is 3.15. The van der Waals surface area contributed by atoms with Crippen LogP contribution in [0.25, 0.3) is 11.3 Å². The number of anilines is 1. The average Bonchev–Trinajstić information content (AvgIpc) is 2.57. The highest BCUT2D eigenvalue weighted by Gasteiger charge is 2.07. The molecule has 0 aliphatic heterocycles. The van der Waals surface area contributed by atoms with Crippen molar-refractivity contribution in [2.24, 2.45) is 0 Å². The third-order valence-corrected chi connectivity index (χ3v) is 2.02. The van der Waals surface area contributed by atoms with E-state index in [-0.39, 0.29) is 10.8 Å². The van der Waals surface area contributed by atoms with Crippen molar-refractivity contribution in [3.8, 4) is 11.3 Å². The van der Waals surface area contributed by atoms with Crippen LogP contribution < -0.4 is 5.73 Å². The Hall–Kier alpha value is -1.55. The maximum Gasteiger partial charge on any atom is 0.169 e. The first-order valence-corrected chi connectivity index (χ1v) is 4.22. The van der Waals surface area contributed by atoms with Crippen molar-refractivity contribution >= 4 is 17.4 Å². The third kappa shape index (κ3) is 1.56. The van der Waals surface area contributed by atoms with E-state index in [9.17, 15) is 4.39 Å². The molecule has 0 radical (unpaired) electrons. The van der Waals surface area contributed by atoms with Gasteiger partial charge in [0.25, 0.3) is 0 Å². The van der Waals surface area contributed by atoms with E-state index in [1.54, 1.807) is 12.1 Å². The topological polar surface area (TPSA) is 52.0 Å². The van der Waals surface area contributed by atoms with Crippen LogP contribution in [0.1, 0.15) is 0 Å². The van der Waals surface area contributed by atoms with Crippen LogP contribution in [-0.2, 0) is 0 Å². The molecule has 14 heavy (non-hydrogen) atoms. The lowest BCUT2D eigenvalue weighted by Gasteiger charge is -1.96. The van der Waals surface area contributed by atoms with E-state index < -0.39 is 5.82 Å². The molecule has 3 nitrogen and oxygen atoms in total. The van der Waals surface area contributed by atoms with Gasteiger partial charge >= 0.3 is 0 Å². The Labute approximate surface area is 84.3 Å². The van der Waals surface area contributed by atoms with Crippen LogP contribution in [0.4, 0.5) is 10.2 Å². The maximum atomic E-state index is 12.8. The molecule has 0 aliphatic carbocycles. The number of benzene rings is 1. The molecule has 0 fully saturated rings. The molecule has 2 N–H and O–H groups in total. The van der Waals surface area contributed by atoms with Crippen LogP contribution >= 0.6 is 11.6 Å². The molecule has 5 heteroatoms. The molecule has 1 heterocycles. The number of nitrogen functional groups attached to an aromatic ring is 1. The van der Waals surface area contributed by atoms with Crippen LogP contribution in [0.3, 0.4) is 0 Å². The predicted octanol–water partition coefficient (Wildman–Crippen LogP) is 2.72. The highest BCUT2D eigenvalue weighted by molar-refractivity contribution is 6.31. The summed E-state index contributed by atoms with van der Waals surface area (Å²) in [6, 6.07) is 5.80. The van der Waals surface area contributed by atoms with Gasteiger partial charge in [-0.05, 0) is 18.2 Å². The Kier molecular flexibility index (Phi) is 2.13. The van der Waals surface area contributed by atoms with Gasteiger partial charge in [-0.15, -0.1) is 0 Å². The fourth-order valence-corrected chi connectivity index (χ4v) is 1.25. The summed E-state index contributed by atoms with van der Waals surface area (Å²) in [5.74, 6) is 0.271. The lowest BCUT2D eigenvalue weighted by molar-refractivity contribution is 0.436. The molecule has 0 saturated carbocycles. The molecule has 0 atom stereocenters. The first-order chi connectivity index (χ1) is 6.66. The maximum absolute atomic E-state index is 12.8. The van der Waals surface area contributed by atoms with Crippen molar-refractivity contribution in [3.05, 3.63) is 35.1 Å². The number of nitrogens with zero attached hydrogens (tertiary/aromatic N) is 1. The van der Waals surface area contributed by atoms with Crippen LogP contribution in [0.5, 0.6) is 0 Å². The third-order valence-electron chi connectivity index (χ3n) is 1.73. The predicted molar refractivity (Wildman–Crippen MR) is 51.3 cm³/mol. The molecule has 72 valence electrons. The highest BCUT2D eigenvalue weighted by Crippen LogP contribution is 2.25. The monoisotopic (exact) mass is 212 g/mol. The Morgan fingerprint density at radius 1 is 1.36 bits per heavy atom. The molecule has 0 spiro atoms. The molecule has 1 aromatic heterocycles. The lowest BCUT2D eigenvalue weighted by Crippen LogP contribution is -1.80. The molecular weight excluding hydrogens is 207 g/mol. The quantitative estimate of drug-likeness (QED) is 0.791. The highest BCUT2D eigenvalue weighted by atomic mass is 35.5. The average molecular weight is 213 g/mol. The van der Waals surface area contributed by atoms with Crippen molar-refractivity contribution in [2.45, 2.75) is 0 Å². The number of halogens is 2. The van der Waals surface area contributed by atoms with E-state index in [1.807, 2.05) is 0 Å². The van der Waals surface area contributed by atoms with Gasteiger partial charge in [-0.1, -0.05) is 16.8 Å². The van der Waals surface area contributed by atoms with Crippen molar-refractivity contribution in [1.82, 2.24) is 5.16 Å². The molecule has 0 aliphatic rings. The second-order valence-electron chi connectivity index (χ2n) is 2.74. The van der Waals surface area contributed by atoms with Crippen molar-refractivity contribution in [2.75, 3.05) is 5.73 Å². The van der Waals surface area contributed by atoms with E-state index in [2.05, 4.69) is 5.16 Å². The molecule has 0 bridgehead atoms. The molecular formula is C9H6ClFN2O. The summed E-state index contributed by atoms with van der Waals surface area (Å²) < 4.78 is 17.7. The second kappa shape index (κ2) is 3.31.